The summed E-state index contributed by atoms with van der Waals surface area (Å²) in [5, 5.41) is 0. The molecule has 1 aromatic carbocycles. The van der Waals surface area contributed by atoms with E-state index in [1.54, 1.807) is 0 Å². The van der Waals surface area contributed by atoms with Crippen LogP contribution in [0.25, 0.3) is 11.0 Å². The number of alkyl halides is 1. The first-order valence-electron chi connectivity index (χ1n) is 6.42. The molecule has 0 bridgehead atoms. The number of carbonyl (C=O) groups is 1. The zero-order valence-electron chi connectivity index (χ0n) is 11.0. The van der Waals surface area contributed by atoms with E-state index in [1.807, 2.05) is 6.92 Å². The van der Waals surface area contributed by atoms with Crippen LogP contribution in [0.5, 0.6) is 0 Å². The highest BCUT2D eigenvalue weighted by atomic mass is 35.5. The Morgan fingerprint density at radius 3 is 2.95 bits per heavy atom. The number of halogens is 1. The van der Waals surface area contributed by atoms with Crippen LogP contribution in [0.4, 0.5) is 0 Å². The zero-order valence-corrected chi connectivity index (χ0v) is 11.8. The predicted molar refractivity (Wildman–Crippen MR) is 77.3 cm³/mol. The molecule has 0 unspecified atom stereocenters. The predicted octanol–water partition coefficient (Wildman–Crippen LogP) is 2.39. The molecule has 4 nitrogen and oxygen atoms in total. The first-order chi connectivity index (χ1) is 9.11. The van der Waals surface area contributed by atoms with Gasteiger partial charge in [-0.3, -0.25) is 4.79 Å². The van der Waals surface area contributed by atoms with Crippen LogP contribution in [0.1, 0.15) is 24.2 Å². The second-order valence-corrected chi connectivity index (χ2v) is 5.06. The monoisotopic (exact) mass is 279 g/mol. The summed E-state index contributed by atoms with van der Waals surface area (Å²) in [4.78, 5) is 15.4. The standard InChI is InChI=1S/C14H18ClN3O/c1-10-4-5-12-11(9-10)17-14(6-7-15)18(12)8-2-3-13(16)19/h4-5,9H,2-3,6-8H2,1H3,(H2,16,19). The first kappa shape index (κ1) is 13.9. The Kier molecular flexibility index (Phi) is 4.43. The molecule has 19 heavy (non-hydrogen) atoms. The van der Waals surface area contributed by atoms with E-state index in [2.05, 4.69) is 27.8 Å². The van der Waals surface area contributed by atoms with Gasteiger partial charge in [0, 0.05) is 25.3 Å². The maximum Gasteiger partial charge on any atom is 0.217 e. The second kappa shape index (κ2) is 6.06. The molecule has 2 aromatic rings. The van der Waals surface area contributed by atoms with Crippen molar-refractivity contribution in [3.05, 3.63) is 29.6 Å². The Bertz CT molecular complexity index is 592. The minimum atomic E-state index is -0.265. The number of rotatable bonds is 6. The van der Waals surface area contributed by atoms with E-state index < -0.39 is 0 Å². The van der Waals surface area contributed by atoms with Gasteiger partial charge in [-0.1, -0.05) is 6.07 Å². The van der Waals surface area contributed by atoms with Gasteiger partial charge in [-0.25, -0.2) is 4.98 Å². The molecule has 0 aliphatic rings. The van der Waals surface area contributed by atoms with Crippen molar-refractivity contribution < 1.29 is 4.79 Å². The number of hydrogen-bond donors (Lipinski definition) is 1. The van der Waals surface area contributed by atoms with Crippen LogP contribution in [0.15, 0.2) is 18.2 Å². The fourth-order valence-corrected chi connectivity index (χ4v) is 2.40. The van der Waals surface area contributed by atoms with Gasteiger partial charge in [0.05, 0.1) is 11.0 Å². The number of nitrogens with two attached hydrogens (primary N) is 1. The van der Waals surface area contributed by atoms with E-state index in [0.29, 0.717) is 12.3 Å². The van der Waals surface area contributed by atoms with Gasteiger partial charge in [0.15, 0.2) is 0 Å². The van der Waals surface area contributed by atoms with Crippen molar-refractivity contribution in [1.82, 2.24) is 9.55 Å². The number of carbonyl (C=O) groups excluding carboxylic acids is 1. The van der Waals surface area contributed by atoms with Gasteiger partial charge in [-0.2, -0.15) is 0 Å². The van der Waals surface area contributed by atoms with E-state index >= 15 is 0 Å². The maximum absolute atomic E-state index is 10.8. The van der Waals surface area contributed by atoms with E-state index in [4.69, 9.17) is 17.3 Å². The van der Waals surface area contributed by atoms with E-state index in [-0.39, 0.29) is 5.91 Å². The third-order valence-corrected chi connectivity index (χ3v) is 3.29. The number of aryl methyl sites for hydroxylation is 3. The third-order valence-electron chi connectivity index (χ3n) is 3.11. The lowest BCUT2D eigenvalue weighted by Gasteiger charge is -2.07. The SMILES string of the molecule is Cc1ccc2c(c1)nc(CCCl)n2CCCC(N)=O. The van der Waals surface area contributed by atoms with Crippen LogP contribution >= 0.6 is 11.6 Å². The van der Waals surface area contributed by atoms with Crippen LogP contribution in [0.3, 0.4) is 0 Å². The molecule has 0 aliphatic heterocycles. The summed E-state index contributed by atoms with van der Waals surface area (Å²) in [5.41, 5.74) is 8.44. The van der Waals surface area contributed by atoms with Crippen LogP contribution in [-0.2, 0) is 17.8 Å². The highest BCUT2D eigenvalue weighted by Gasteiger charge is 2.10. The molecule has 2 N–H and O–H groups in total. The van der Waals surface area contributed by atoms with Crippen LogP contribution in [0.2, 0.25) is 0 Å². The van der Waals surface area contributed by atoms with E-state index in [1.165, 1.54) is 5.56 Å². The van der Waals surface area contributed by atoms with Crippen molar-refractivity contribution in [2.45, 2.75) is 32.7 Å². The van der Waals surface area contributed by atoms with Gasteiger partial charge in [-0.15, -0.1) is 11.6 Å². The molecule has 0 saturated heterocycles. The summed E-state index contributed by atoms with van der Waals surface area (Å²) in [5.74, 6) is 1.25. The van der Waals surface area contributed by atoms with Gasteiger partial charge < -0.3 is 10.3 Å². The Morgan fingerprint density at radius 2 is 2.26 bits per heavy atom. The molecule has 1 amide bonds. The number of fused-ring (bicyclic) bond motifs is 1. The minimum Gasteiger partial charge on any atom is -0.370 e. The van der Waals surface area contributed by atoms with Crippen molar-refractivity contribution >= 4 is 28.5 Å². The number of primary amides is 1. The molecule has 0 spiro atoms. The Morgan fingerprint density at radius 1 is 1.47 bits per heavy atom. The molecular formula is C14H18ClN3O. The summed E-state index contributed by atoms with van der Waals surface area (Å²) in [6, 6.07) is 6.20. The van der Waals surface area contributed by atoms with Crippen LogP contribution in [0, 0.1) is 6.92 Å². The summed E-state index contributed by atoms with van der Waals surface area (Å²) in [6.07, 6.45) is 1.85. The lowest BCUT2D eigenvalue weighted by molar-refractivity contribution is -0.118. The van der Waals surface area contributed by atoms with Crippen molar-refractivity contribution in [2.24, 2.45) is 5.73 Å². The number of benzene rings is 1. The van der Waals surface area contributed by atoms with E-state index in [0.717, 1.165) is 36.2 Å². The highest BCUT2D eigenvalue weighted by Crippen LogP contribution is 2.19. The first-order valence-corrected chi connectivity index (χ1v) is 6.95. The zero-order chi connectivity index (χ0) is 13.8. The fourth-order valence-electron chi connectivity index (χ4n) is 2.23. The minimum absolute atomic E-state index is 0.265. The van der Waals surface area contributed by atoms with Crippen molar-refractivity contribution in [3.63, 3.8) is 0 Å². The van der Waals surface area contributed by atoms with Crippen LogP contribution < -0.4 is 5.73 Å². The van der Waals surface area contributed by atoms with Gasteiger partial charge >= 0.3 is 0 Å². The fraction of sp³-hybridized carbons (Fsp3) is 0.429. The average Bonchev–Trinajstić information content (AvgIpc) is 2.66. The molecule has 0 radical (unpaired) electrons. The van der Waals surface area contributed by atoms with Crippen molar-refractivity contribution in [3.8, 4) is 0 Å². The molecule has 5 heteroatoms. The lowest BCUT2D eigenvalue weighted by Crippen LogP contribution is -2.12. The molecule has 1 heterocycles. The van der Waals surface area contributed by atoms with Gasteiger partial charge in [0.2, 0.25) is 5.91 Å². The topological polar surface area (TPSA) is 60.9 Å². The summed E-state index contributed by atoms with van der Waals surface area (Å²) in [7, 11) is 0. The molecule has 0 aliphatic carbocycles. The van der Waals surface area contributed by atoms with Gasteiger partial charge in [-0.05, 0) is 31.0 Å². The lowest BCUT2D eigenvalue weighted by atomic mass is 10.2. The molecule has 0 atom stereocenters. The Balaban J connectivity index is 2.31. The van der Waals surface area contributed by atoms with E-state index in [9.17, 15) is 4.79 Å². The number of aromatic nitrogens is 2. The quantitative estimate of drug-likeness (QED) is 0.826. The molecule has 102 valence electrons. The number of amides is 1. The molecule has 0 saturated carbocycles. The average molecular weight is 280 g/mol. The molecule has 0 fully saturated rings. The number of nitrogens with zero attached hydrogens (tertiary/aromatic N) is 2. The summed E-state index contributed by atoms with van der Waals surface area (Å²) in [6.45, 7) is 2.79. The molecule has 1 aromatic heterocycles. The largest absolute Gasteiger partial charge is 0.370 e. The van der Waals surface area contributed by atoms with Crippen LogP contribution in [-0.4, -0.2) is 21.3 Å². The number of imidazole rings is 1. The van der Waals surface area contributed by atoms with Crippen molar-refractivity contribution in [1.29, 1.82) is 0 Å². The van der Waals surface area contributed by atoms with Gasteiger partial charge in [0.1, 0.15) is 5.82 Å². The second-order valence-electron chi connectivity index (χ2n) is 4.68. The Labute approximate surface area is 117 Å². The number of hydrogen-bond acceptors (Lipinski definition) is 2. The summed E-state index contributed by atoms with van der Waals surface area (Å²) >= 11 is 5.82. The highest BCUT2D eigenvalue weighted by molar-refractivity contribution is 6.17. The Hall–Kier alpha value is -1.55. The van der Waals surface area contributed by atoms with Gasteiger partial charge in [0.25, 0.3) is 0 Å². The smallest absolute Gasteiger partial charge is 0.217 e. The van der Waals surface area contributed by atoms with Crippen molar-refractivity contribution in [2.75, 3.05) is 5.88 Å². The summed E-state index contributed by atoms with van der Waals surface area (Å²) < 4.78 is 2.14. The third kappa shape index (κ3) is 3.26. The normalized spacial score (nSPS) is 11.1. The molecule has 2 rings (SSSR count). The molecular weight excluding hydrogens is 262 g/mol. The maximum atomic E-state index is 10.8.